The SMILES string of the molecule is Cc1cccc(C)c1-c1cccc2[cH-]c(C3(c4cc5c(-c6c(C)cccc6C)cccc5[cH-]4)CCCC3)cc12.[CH3-].[CH3-].[Hf+4]. The van der Waals surface area contributed by atoms with Gasteiger partial charge in [-0.15, -0.1) is 69.1 Å². The van der Waals surface area contributed by atoms with Crippen LogP contribution >= 0.6 is 0 Å². The zero-order valence-corrected chi connectivity index (χ0v) is 29.7. The molecule has 0 nitrogen and oxygen atoms in total. The molecular weight excluding hydrogens is 671 g/mol. The third kappa shape index (κ3) is 4.98. The molecule has 1 saturated carbocycles. The van der Waals surface area contributed by atoms with E-state index in [1.54, 1.807) is 0 Å². The standard InChI is InChI=1S/C39H36.2CH3.Hf/c1-25-11-7-12-26(2)37(25)33-17-9-15-29-21-31(23-35(29)33)39(19-5-6-20-39)32-22-30-16-10-18-34(36(30)24-32)38-27(3)13-8-14-28(38)4;;;/h7-18,21-24H,5-6,19-20H2,1-4H3;2*1H3;/q-2;2*-1;+4. The van der Waals surface area contributed by atoms with Gasteiger partial charge in [0.25, 0.3) is 0 Å². The minimum atomic E-state index is 0. The molecular formula is C41H42Hf. The summed E-state index contributed by atoms with van der Waals surface area (Å²) in [6, 6.07) is 37.1. The number of rotatable bonds is 4. The summed E-state index contributed by atoms with van der Waals surface area (Å²) in [7, 11) is 0. The summed E-state index contributed by atoms with van der Waals surface area (Å²) in [5, 5.41) is 5.51. The van der Waals surface area contributed by atoms with Crippen molar-refractivity contribution in [1.82, 2.24) is 0 Å². The van der Waals surface area contributed by atoms with E-state index in [4.69, 9.17) is 0 Å². The van der Waals surface area contributed by atoms with E-state index in [2.05, 4.69) is 125 Å². The van der Waals surface area contributed by atoms with E-state index < -0.39 is 0 Å². The second-order valence-corrected chi connectivity index (χ2v) is 11.9. The monoisotopic (exact) mass is 714 g/mol. The topological polar surface area (TPSA) is 0 Å². The molecule has 1 fully saturated rings. The van der Waals surface area contributed by atoms with Crippen LogP contribution in [0.25, 0.3) is 43.8 Å². The summed E-state index contributed by atoms with van der Waals surface area (Å²) in [6.07, 6.45) is 5.02. The molecule has 7 rings (SSSR count). The Morgan fingerprint density at radius 2 is 0.881 bits per heavy atom. The Kier molecular flexibility index (Phi) is 9.34. The molecule has 1 aliphatic rings. The maximum atomic E-state index is 2.53. The van der Waals surface area contributed by atoms with E-state index in [1.165, 1.54) is 103 Å². The fourth-order valence-corrected chi connectivity index (χ4v) is 7.66. The van der Waals surface area contributed by atoms with Gasteiger partial charge < -0.3 is 14.9 Å². The normalized spacial score (nSPS) is 13.9. The molecule has 0 radical (unpaired) electrons. The maximum absolute atomic E-state index is 2.53. The fourth-order valence-electron chi connectivity index (χ4n) is 7.66. The number of benzene rings is 4. The first-order valence-corrected chi connectivity index (χ1v) is 14.5. The minimum absolute atomic E-state index is 0. The first kappa shape index (κ1) is 31.9. The molecule has 42 heavy (non-hydrogen) atoms. The van der Waals surface area contributed by atoms with Crippen LogP contribution in [0.5, 0.6) is 0 Å². The van der Waals surface area contributed by atoms with E-state index >= 15 is 0 Å². The smallest absolute Gasteiger partial charge is 0.358 e. The van der Waals surface area contributed by atoms with Gasteiger partial charge in [-0.3, -0.25) is 0 Å². The van der Waals surface area contributed by atoms with Crippen LogP contribution in [0.1, 0.15) is 59.1 Å². The van der Waals surface area contributed by atoms with Gasteiger partial charge in [-0.1, -0.05) is 72.5 Å². The summed E-state index contributed by atoms with van der Waals surface area (Å²) >= 11 is 0. The van der Waals surface area contributed by atoms with Gasteiger partial charge in [0.15, 0.2) is 0 Å². The summed E-state index contributed by atoms with van der Waals surface area (Å²) in [4.78, 5) is 0. The molecule has 0 spiro atoms. The Labute approximate surface area is 272 Å². The molecule has 1 heteroatoms. The molecule has 6 aromatic rings. The van der Waals surface area contributed by atoms with Gasteiger partial charge in [-0.05, 0) is 79.3 Å². The Balaban J connectivity index is 0.00000135. The van der Waals surface area contributed by atoms with Crippen LogP contribution < -0.4 is 0 Å². The van der Waals surface area contributed by atoms with Gasteiger partial charge in [-0.25, -0.2) is 0 Å². The van der Waals surface area contributed by atoms with E-state index in [0.29, 0.717) is 0 Å². The number of fused-ring (bicyclic) bond motifs is 2. The van der Waals surface area contributed by atoms with Gasteiger partial charge in [0.05, 0.1) is 0 Å². The Hall–Kier alpha value is -3.03. The second-order valence-electron chi connectivity index (χ2n) is 11.9. The summed E-state index contributed by atoms with van der Waals surface area (Å²) in [5.74, 6) is 0. The number of aryl methyl sites for hydroxylation is 4. The molecule has 0 unspecified atom stereocenters. The molecule has 0 amide bonds. The van der Waals surface area contributed by atoms with Crippen molar-refractivity contribution in [2.75, 3.05) is 0 Å². The predicted octanol–water partition coefficient (Wildman–Crippen LogP) is 11.8. The zero-order chi connectivity index (χ0) is 26.7. The second kappa shape index (κ2) is 12.3. The van der Waals surface area contributed by atoms with Gasteiger partial charge in [0.2, 0.25) is 0 Å². The first-order valence-electron chi connectivity index (χ1n) is 14.5. The van der Waals surface area contributed by atoms with E-state index in [-0.39, 0.29) is 46.1 Å². The first-order chi connectivity index (χ1) is 19.0. The molecule has 6 aromatic carbocycles. The quantitative estimate of drug-likeness (QED) is 0.126. The van der Waals surface area contributed by atoms with Crippen molar-refractivity contribution >= 4 is 21.5 Å². The Bertz CT molecular complexity index is 1680. The third-order valence-corrected chi connectivity index (χ3v) is 9.56. The van der Waals surface area contributed by atoms with E-state index in [0.717, 1.165) is 0 Å². The molecule has 0 saturated heterocycles. The zero-order valence-electron chi connectivity index (χ0n) is 26.1. The van der Waals surface area contributed by atoms with Crippen LogP contribution in [0.15, 0.2) is 97.1 Å². The molecule has 210 valence electrons. The molecule has 1 aliphatic carbocycles. The molecule has 0 atom stereocenters. The summed E-state index contributed by atoms with van der Waals surface area (Å²) < 4.78 is 0. The minimum Gasteiger partial charge on any atom is -0.358 e. The van der Waals surface area contributed by atoms with Crippen molar-refractivity contribution < 1.29 is 25.8 Å². The Morgan fingerprint density at radius 1 is 0.524 bits per heavy atom. The molecule has 0 N–H and O–H groups in total. The molecule has 0 bridgehead atoms. The number of hydrogen-bond donors (Lipinski definition) is 0. The van der Waals surface area contributed by atoms with Gasteiger partial charge in [0, 0.05) is 0 Å². The average molecular weight is 713 g/mol. The fraction of sp³-hybridized carbons (Fsp3) is 0.220. The van der Waals surface area contributed by atoms with Crippen LogP contribution in [0, 0.1) is 42.5 Å². The summed E-state index contributed by atoms with van der Waals surface area (Å²) in [6.45, 7) is 8.97. The van der Waals surface area contributed by atoms with E-state index in [9.17, 15) is 0 Å². The third-order valence-electron chi connectivity index (χ3n) is 9.56. The summed E-state index contributed by atoms with van der Waals surface area (Å²) in [5.41, 5.74) is 14.0. The van der Waals surface area contributed by atoms with Crippen molar-refractivity contribution in [2.24, 2.45) is 0 Å². The van der Waals surface area contributed by atoms with E-state index in [1.807, 2.05) is 0 Å². The van der Waals surface area contributed by atoms with Gasteiger partial charge in [0.1, 0.15) is 0 Å². The van der Waals surface area contributed by atoms with Gasteiger partial charge in [-0.2, -0.15) is 12.1 Å². The van der Waals surface area contributed by atoms with Crippen molar-refractivity contribution in [3.63, 3.8) is 0 Å². The van der Waals surface area contributed by atoms with Crippen molar-refractivity contribution in [3.8, 4) is 22.3 Å². The van der Waals surface area contributed by atoms with Crippen LogP contribution in [-0.2, 0) is 31.3 Å². The van der Waals surface area contributed by atoms with Crippen LogP contribution in [0.4, 0.5) is 0 Å². The average Bonchev–Trinajstić information content (AvgIpc) is 3.67. The van der Waals surface area contributed by atoms with Crippen molar-refractivity contribution in [3.05, 3.63) is 145 Å². The molecule has 0 heterocycles. The van der Waals surface area contributed by atoms with Crippen LogP contribution in [0.3, 0.4) is 0 Å². The van der Waals surface area contributed by atoms with Crippen molar-refractivity contribution in [2.45, 2.75) is 58.8 Å². The van der Waals surface area contributed by atoms with Gasteiger partial charge >= 0.3 is 25.8 Å². The van der Waals surface area contributed by atoms with Crippen LogP contribution in [0.2, 0.25) is 0 Å². The maximum Gasteiger partial charge on any atom is 4.00 e. The van der Waals surface area contributed by atoms with Crippen LogP contribution in [-0.4, -0.2) is 0 Å². The molecule has 0 aliphatic heterocycles. The largest absolute Gasteiger partial charge is 4.00 e. The number of hydrogen-bond acceptors (Lipinski definition) is 0. The Morgan fingerprint density at radius 3 is 1.26 bits per heavy atom. The van der Waals surface area contributed by atoms with Crippen molar-refractivity contribution in [1.29, 1.82) is 0 Å². The molecule has 0 aromatic heterocycles. The predicted molar refractivity (Wildman–Crippen MR) is 181 cm³/mol.